The highest BCUT2D eigenvalue weighted by atomic mass is 79.9. The standard InChI is InChI=1S/C12H17BrN2/c1-7-3-8(2)12(11(13)4-7)15-10-5-9(14)6-10/h3-4,9-10,15H,5-6,14H2,1-2H3. The molecule has 0 aliphatic heterocycles. The normalized spacial score (nSPS) is 24.8. The number of rotatable bonds is 2. The summed E-state index contributed by atoms with van der Waals surface area (Å²) < 4.78 is 1.15. The van der Waals surface area contributed by atoms with Crippen molar-refractivity contribution in [3.05, 3.63) is 27.7 Å². The second-order valence-corrected chi connectivity index (χ2v) is 5.37. The minimum atomic E-state index is 0.395. The van der Waals surface area contributed by atoms with Gasteiger partial charge in [0.2, 0.25) is 0 Å². The highest BCUT2D eigenvalue weighted by molar-refractivity contribution is 9.10. The molecule has 1 aliphatic carbocycles. The lowest BCUT2D eigenvalue weighted by Crippen LogP contribution is -2.44. The summed E-state index contributed by atoms with van der Waals surface area (Å²) in [5, 5.41) is 3.55. The number of aryl methyl sites for hydroxylation is 2. The maximum atomic E-state index is 5.77. The van der Waals surface area contributed by atoms with Crippen molar-refractivity contribution in [3.8, 4) is 0 Å². The smallest absolute Gasteiger partial charge is 0.0516 e. The lowest BCUT2D eigenvalue weighted by Gasteiger charge is -2.34. The van der Waals surface area contributed by atoms with E-state index in [1.54, 1.807) is 0 Å². The van der Waals surface area contributed by atoms with Crippen molar-refractivity contribution in [2.45, 2.75) is 38.8 Å². The van der Waals surface area contributed by atoms with Gasteiger partial charge in [0.15, 0.2) is 0 Å². The summed E-state index contributed by atoms with van der Waals surface area (Å²) in [6.45, 7) is 4.25. The average Bonchev–Trinajstić information content (AvgIpc) is 2.07. The van der Waals surface area contributed by atoms with E-state index in [4.69, 9.17) is 5.73 Å². The molecule has 1 aliphatic rings. The van der Waals surface area contributed by atoms with Crippen molar-refractivity contribution in [2.24, 2.45) is 5.73 Å². The minimum absolute atomic E-state index is 0.395. The average molecular weight is 269 g/mol. The van der Waals surface area contributed by atoms with Gasteiger partial charge < -0.3 is 11.1 Å². The molecule has 3 heteroatoms. The topological polar surface area (TPSA) is 38.0 Å². The molecular formula is C12H17BrN2. The van der Waals surface area contributed by atoms with E-state index in [1.807, 2.05) is 0 Å². The van der Waals surface area contributed by atoms with Crippen molar-refractivity contribution in [1.29, 1.82) is 0 Å². The molecule has 0 spiro atoms. The SMILES string of the molecule is Cc1cc(C)c(NC2CC(N)C2)c(Br)c1. The first-order valence-corrected chi connectivity index (χ1v) is 6.14. The molecule has 3 N–H and O–H groups in total. The summed E-state index contributed by atoms with van der Waals surface area (Å²) in [7, 11) is 0. The molecule has 0 amide bonds. The molecule has 1 aromatic rings. The van der Waals surface area contributed by atoms with Crippen molar-refractivity contribution in [3.63, 3.8) is 0 Å². The van der Waals surface area contributed by atoms with E-state index in [0.29, 0.717) is 12.1 Å². The van der Waals surface area contributed by atoms with Crippen LogP contribution in [0.15, 0.2) is 16.6 Å². The zero-order chi connectivity index (χ0) is 11.0. The van der Waals surface area contributed by atoms with Crippen LogP contribution >= 0.6 is 15.9 Å². The zero-order valence-corrected chi connectivity index (χ0v) is 10.8. The highest BCUT2D eigenvalue weighted by Crippen LogP contribution is 2.31. The number of nitrogens with two attached hydrogens (primary N) is 1. The Labute approximate surface area is 99.4 Å². The third kappa shape index (κ3) is 2.34. The van der Waals surface area contributed by atoms with Crippen LogP contribution < -0.4 is 11.1 Å². The molecule has 0 unspecified atom stereocenters. The second-order valence-electron chi connectivity index (χ2n) is 4.51. The summed E-state index contributed by atoms with van der Waals surface area (Å²) in [5.41, 5.74) is 9.57. The van der Waals surface area contributed by atoms with E-state index in [2.05, 4.69) is 47.2 Å². The van der Waals surface area contributed by atoms with Gasteiger partial charge in [0.25, 0.3) is 0 Å². The van der Waals surface area contributed by atoms with Crippen molar-refractivity contribution in [1.82, 2.24) is 0 Å². The maximum Gasteiger partial charge on any atom is 0.0516 e. The van der Waals surface area contributed by atoms with Gasteiger partial charge in [-0.3, -0.25) is 0 Å². The van der Waals surface area contributed by atoms with E-state index in [0.717, 1.165) is 17.3 Å². The van der Waals surface area contributed by atoms with Crippen LogP contribution in [0.1, 0.15) is 24.0 Å². The molecular weight excluding hydrogens is 252 g/mol. The Morgan fingerprint density at radius 2 is 2.00 bits per heavy atom. The third-order valence-corrected chi connectivity index (χ3v) is 3.58. The lowest BCUT2D eigenvalue weighted by molar-refractivity contribution is 0.373. The Hall–Kier alpha value is -0.540. The van der Waals surface area contributed by atoms with Gasteiger partial charge in [-0.1, -0.05) is 6.07 Å². The first kappa shape index (κ1) is 11.0. The molecule has 1 aromatic carbocycles. The van der Waals surface area contributed by atoms with Crippen LogP contribution in [0.2, 0.25) is 0 Å². The van der Waals surface area contributed by atoms with E-state index in [1.165, 1.54) is 16.8 Å². The van der Waals surface area contributed by atoms with Gasteiger partial charge in [-0.2, -0.15) is 0 Å². The maximum absolute atomic E-state index is 5.77. The Balaban J connectivity index is 2.14. The van der Waals surface area contributed by atoms with Crippen molar-refractivity contribution < 1.29 is 0 Å². The molecule has 1 fully saturated rings. The van der Waals surface area contributed by atoms with E-state index >= 15 is 0 Å². The summed E-state index contributed by atoms with van der Waals surface area (Å²) in [4.78, 5) is 0. The fraction of sp³-hybridized carbons (Fsp3) is 0.500. The molecule has 0 aromatic heterocycles. The van der Waals surface area contributed by atoms with Crippen LogP contribution in [0.25, 0.3) is 0 Å². The monoisotopic (exact) mass is 268 g/mol. The van der Waals surface area contributed by atoms with Crippen LogP contribution in [0.4, 0.5) is 5.69 Å². The van der Waals surface area contributed by atoms with Crippen molar-refractivity contribution >= 4 is 21.6 Å². The van der Waals surface area contributed by atoms with Crippen LogP contribution in [-0.2, 0) is 0 Å². The summed E-state index contributed by atoms with van der Waals surface area (Å²) in [6, 6.07) is 5.30. The number of anilines is 1. The molecule has 15 heavy (non-hydrogen) atoms. The number of benzene rings is 1. The van der Waals surface area contributed by atoms with E-state index in [-0.39, 0.29) is 0 Å². The first-order valence-electron chi connectivity index (χ1n) is 5.35. The Morgan fingerprint density at radius 3 is 2.53 bits per heavy atom. The van der Waals surface area contributed by atoms with Crippen LogP contribution in [-0.4, -0.2) is 12.1 Å². The fourth-order valence-electron chi connectivity index (χ4n) is 2.08. The predicted octanol–water partition coefficient (Wildman–Crippen LogP) is 2.97. The van der Waals surface area contributed by atoms with Gasteiger partial charge in [0, 0.05) is 16.6 Å². The Morgan fingerprint density at radius 1 is 1.33 bits per heavy atom. The first-order chi connectivity index (χ1) is 7.06. The molecule has 2 nitrogen and oxygen atoms in total. The molecule has 82 valence electrons. The number of hydrogen-bond acceptors (Lipinski definition) is 2. The lowest BCUT2D eigenvalue weighted by atomic mass is 9.87. The van der Waals surface area contributed by atoms with E-state index in [9.17, 15) is 0 Å². The zero-order valence-electron chi connectivity index (χ0n) is 9.18. The van der Waals surface area contributed by atoms with Gasteiger partial charge in [0.05, 0.1) is 5.69 Å². The van der Waals surface area contributed by atoms with E-state index < -0.39 is 0 Å². The van der Waals surface area contributed by atoms with Crippen LogP contribution in [0, 0.1) is 13.8 Å². The van der Waals surface area contributed by atoms with Crippen LogP contribution in [0.5, 0.6) is 0 Å². The molecule has 0 heterocycles. The Kier molecular flexibility index (Phi) is 3.03. The predicted molar refractivity (Wildman–Crippen MR) is 68.2 cm³/mol. The quantitative estimate of drug-likeness (QED) is 0.866. The molecule has 0 atom stereocenters. The third-order valence-electron chi connectivity index (χ3n) is 2.95. The minimum Gasteiger partial charge on any atom is -0.381 e. The second kappa shape index (κ2) is 4.14. The molecule has 1 saturated carbocycles. The molecule has 2 rings (SSSR count). The van der Waals surface area contributed by atoms with Gasteiger partial charge in [-0.25, -0.2) is 0 Å². The summed E-state index contributed by atoms with van der Waals surface area (Å²) in [6.07, 6.45) is 2.17. The number of hydrogen-bond donors (Lipinski definition) is 2. The summed E-state index contributed by atoms with van der Waals surface area (Å²) in [5.74, 6) is 0. The van der Waals surface area contributed by atoms with Gasteiger partial charge in [-0.05, 0) is 59.8 Å². The number of nitrogens with one attached hydrogen (secondary N) is 1. The largest absolute Gasteiger partial charge is 0.381 e. The van der Waals surface area contributed by atoms with Gasteiger partial charge >= 0.3 is 0 Å². The highest BCUT2D eigenvalue weighted by Gasteiger charge is 2.26. The van der Waals surface area contributed by atoms with Crippen LogP contribution in [0.3, 0.4) is 0 Å². The molecule has 0 radical (unpaired) electrons. The van der Waals surface area contributed by atoms with Crippen molar-refractivity contribution in [2.75, 3.05) is 5.32 Å². The molecule has 0 bridgehead atoms. The molecule has 0 saturated heterocycles. The summed E-state index contributed by atoms with van der Waals surface area (Å²) >= 11 is 3.60. The number of halogens is 1. The van der Waals surface area contributed by atoms with Gasteiger partial charge in [-0.15, -0.1) is 0 Å². The fourth-order valence-corrected chi connectivity index (χ4v) is 2.87. The van der Waals surface area contributed by atoms with Gasteiger partial charge in [0.1, 0.15) is 0 Å². The Bertz CT molecular complexity index is 347.